The van der Waals surface area contributed by atoms with Crippen molar-refractivity contribution in [2.75, 3.05) is 26.2 Å². The number of amides is 3. The summed E-state index contributed by atoms with van der Waals surface area (Å²) in [6.45, 7) is 2.87. The molecular weight excluding hydrogens is 402 g/mol. The minimum Gasteiger partial charge on any atom is -0.367 e. The maximum absolute atomic E-state index is 12.7. The fourth-order valence-corrected chi connectivity index (χ4v) is 5.10. The molecule has 7 nitrogen and oxygen atoms in total. The van der Waals surface area contributed by atoms with Gasteiger partial charge in [-0.2, -0.15) is 5.26 Å². The maximum Gasteiger partial charge on any atom is 0.321 e. The Labute approximate surface area is 188 Å². The quantitative estimate of drug-likeness (QED) is 0.770. The van der Waals surface area contributed by atoms with Gasteiger partial charge in [0.05, 0.1) is 24.6 Å². The molecule has 1 saturated heterocycles. The van der Waals surface area contributed by atoms with Crippen LogP contribution in [-0.2, 0) is 11.2 Å². The number of fused-ring (bicyclic) bond motifs is 1. The fourth-order valence-electron chi connectivity index (χ4n) is 5.10. The number of nitrogens with one attached hydrogen (secondary N) is 2. The summed E-state index contributed by atoms with van der Waals surface area (Å²) < 4.78 is 0. The lowest BCUT2D eigenvalue weighted by Gasteiger charge is -2.33. The first-order valence-corrected chi connectivity index (χ1v) is 11.2. The van der Waals surface area contributed by atoms with Gasteiger partial charge in [-0.15, -0.1) is 0 Å². The SMILES string of the molecule is N#Cc1ccc(CC(=O)N2CCC3(CC2)CC3CNC(=O)N2C=C3C=CNC=C3C2)cc1. The molecule has 1 saturated carbocycles. The van der Waals surface area contributed by atoms with Gasteiger partial charge in [0.15, 0.2) is 0 Å². The Kier molecular flexibility index (Phi) is 5.22. The fraction of sp³-hybridized carbons (Fsp3) is 0.400. The standard InChI is InChI=1S/C25H27N5O2/c26-13-19-3-1-18(2-4-19)11-23(31)29-9-6-25(7-10-29)12-22(25)15-28-24(32)30-16-20-5-8-27-14-21(20)17-30/h1-5,8,14,16,22,27H,6-7,9-12,15,17H2,(H,28,32). The molecule has 164 valence electrons. The zero-order valence-electron chi connectivity index (χ0n) is 18.0. The number of hydrogen-bond donors (Lipinski definition) is 2. The number of allylic oxidation sites excluding steroid dienone is 1. The largest absolute Gasteiger partial charge is 0.367 e. The Balaban J connectivity index is 1.06. The van der Waals surface area contributed by atoms with Gasteiger partial charge < -0.3 is 15.5 Å². The zero-order chi connectivity index (χ0) is 22.1. The number of dihydropyridines is 1. The van der Waals surface area contributed by atoms with E-state index in [-0.39, 0.29) is 17.4 Å². The molecule has 2 fully saturated rings. The normalized spacial score (nSPS) is 22.4. The minimum absolute atomic E-state index is 0.0433. The van der Waals surface area contributed by atoms with E-state index in [4.69, 9.17) is 5.26 Å². The van der Waals surface area contributed by atoms with Crippen LogP contribution in [0.25, 0.3) is 0 Å². The third-order valence-electron chi connectivity index (χ3n) is 7.29. The first-order valence-electron chi connectivity index (χ1n) is 11.2. The summed E-state index contributed by atoms with van der Waals surface area (Å²) in [6.07, 6.45) is 11.2. The van der Waals surface area contributed by atoms with Crippen LogP contribution in [0, 0.1) is 22.7 Å². The Morgan fingerprint density at radius 3 is 2.72 bits per heavy atom. The topological polar surface area (TPSA) is 88.5 Å². The minimum atomic E-state index is -0.0433. The highest BCUT2D eigenvalue weighted by atomic mass is 16.2. The molecule has 4 aliphatic rings. The summed E-state index contributed by atoms with van der Waals surface area (Å²) in [5.74, 6) is 0.650. The van der Waals surface area contributed by atoms with E-state index < -0.39 is 0 Å². The lowest BCUT2D eigenvalue weighted by Crippen LogP contribution is -2.41. The van der Waals surface area contributed by atoms with Gasteiger partial charge in [0.25, 0.3) is 0 Å². The van der Waals surface area contributed by atoms with E-state index in [1.54, 1.807) is 17.0 Å². The van der Waals surface area contributed by atoms with E-state index in [0.29, 0.717) is 31.0 Å². The number of nitrogens with zero attached hydrogens (tertiary/aromatic N) is 3. The van der Waals surface area contributed by atoms with Gasteiger partial charge >= 0.3 is 6.03 Å². The molecule has 3 heterocycles. The molecule has 0 aromatic heterocycles. The van der Waals surface area contributed by atoms with E-state index in [1.165, 1.54) is 0 Å². The van der Waals surface area contributed by atoms with Crippen LogP contribution in [0.3, 0.4) is 0 Å². The van der Waals surface area contributed by atoms with Crippen LogP contribution in [-0.4, -0.2) is 47.9 Å². The van der Waals surface area contributed by atoms with Crippen LogP contribution in [0.1, 0.15) is 30.4 Å². The number of hydrogen-bond acceptors (Lipinski definition) is 4. The molecule has 7 heteroatoms. The highest BCUT2D eigenvalue weighted by Gasteiger charge is 2.54. The molecule has 1 spiro atoms. The van der Waals surface area contributed by atoms with Gasteiger partial charge in [0, 0.05) is 38.2 Å². The molecule has 3 aliphatic heterocycles. The molecule has 3 amide bonds. The van der Waals surface area contributed by atoms with Crippen molar-refractivity contribution in [1.82, 2.24) is 20.4 Å². The van der Waals surface area contributed by atoms with Gasteiger partial charge in [0.1, 0.15) is 0 Å². The van der Waals surface area contributed by atoms with Crippen LogP contribution in [0.2, 0.25) is 0 Å². The van der Waals surface area contributed by atoms with Crippen molar-refractivity contribution in [1.29, 1.82) is 5.26 Å². The number of rotatable bonds is 4. The van der Waals surface area contributed by atoms with Crippen LogP contribution in [0.15, 0.2) is 60.1 Å². The van der Waals surface area contributed by atoms with E-state index in [2.05, 4.69) is 16.7 Å². The third kappa shape index (κ3) is 4.01. The second-order valence-electron chi connectivity index (χ2n) is 9.20. The van der Waals surface area contributed by atoms with E-state index >= 15 is 0 Å². The van der Waals surface area contributed by atoms with Crippen molar-refractivity contribution in [3.8, 4) is 6.07 Å². The van der Waals surface area contributed by atoms with Crippen LogP contribution >= 0.6 is 0 Å². The number of urea groups is 1. The second kappa shape index (κ2) is 8.19. The van der Waals surface area contributed by atoms with Gasteiger partial charge in [-0.05, 0) is 65.5 Å². The number of carbonyl (C=O) groups is 2. The Hall–Kier alpha value is -3.53. The summed E-state index contributed by atoms with van der Waals surface area (Å²) in [5, 5.41) is 15.1. The van der Waals surface area contributed by atoms with Gasteiger partial charge in [0.2, 0.25) is 5.91 Å². The van der Waals surface area contributed by atoms with Gasteiger partial charge in [-0.1, -0.05) is 12.1 Å². The molecule has 2 N–H and O–H groups in total. The Morgan fingerprint density at radius 1 is 1.22 bits per heavy atom. The summed E-state index contributed by atoms with van der Waals surface area (Å²) in [4.78, 5) is 29.0. The molecule has 1 aromatic rings. The predicted molar refractivity (Wildman–Crippen MR) is 120 cm³/mol. The zero-order valence-corrected chi connectivity index (χ0v) is 18.0. The van der Waals surface area contributed by atoms with Gasteiger partial charge in [-0.25, -0.2) is 4.79 Å². The molecule has 0 bridgehead atoms. The lowest BCUT2D eigenvalue weighted by molar-refractivity contribution is -0.132. The summed E-state index contributed by atoms with van der Waals surface area (Å²) in [5.41, 5.74) is 4.05. The Morgan fingerprint density at radius 2 is 2.00 bits per heavy atom. The van der Waals surface area contributed by atoms with Crippen LogP contribution < -0.4 is 10.6 Å². The van der Waals surface area contributed by atoms with Crippen molar-refractivity contribution in [3.63, 3.8) is 0 Å². The number of piperidine rings is 1. The predicted octanol–water partition coefficient (Wildman–Crippen LogP) is 2.64. The smallest absolute Gasteiger partial charge is 0.321 e. The molecule has 5 rings (SSSR count). The highest BCUT2D eigenvalue weighted by Crippen LogP contribution is 2.59. The molecule has 0 radical (unpaired) electrons. The molecule has 1 aromatic carbocycles. The van der Waals surface area contributed by atoms with E-state index in [0.717, 1.165) is 49.1 Å². The van der Waals surface area contributed by atoms with Crippen molar-refractivity contribution in [2.24, 2.45) is 11.3 Å². The van der Waals surface area contributed by atoms with Crippen molar-refractivity contribution >= 4 is 11.9 Å². The third-order valence-corrected chi connectivity index (χ3v) is 7.29. The molecule has 1 unspecified atom stereocenters. The van der Waals surface area contributed by atoms with E-state index in [1.807, 2.05) is 41.7 Å². The van der Waals surface area contributed by atoms with Crippen molar-refractivity contribution < 1.29 is 9.59 Å². The van der Waals surface area contributed by atoms with Crippen LogP contribution in [0.5, 0.6) is 0 Å². The monoisotopic (exact) mass is 429 g/mol. The average Bonchev–Trinajstić information content (AvgIpc) is 3.29. The van der Waals surface area contributed by atoms with Crippen molar-refractivity contribution in [3.05, 3.63) is 71.2 Å². The highest BCUT2D eigenvalue weighted by molar-refractivity contribution is 5.79. The second-order valence-corrected chi connectivity index (χ2v) is 9.20. The first kappa shape index (κ1) is 20.4. The number of nitriles is 1. The van der Waals surface area contributed by atoms with Gasteiger partial charge in [-0.3, -0.25) is 9.69 Å². The van der Waals surface area contributed by atoms with E-state index in [9.17, 15) is 9.59 Å². The van der Waals surface area contributed by atoms with Crippen molar-refractivity contribution in [2.45, 2.75) is 25.7 Å². The lowest BCUT2D eigenvalue weighted by atomic mass is 9.90. The number of benzene rings is 1. The molecule has 1 atom stereocenters. The number of likely N-dealkylation sites (tertiary alicyclic amines) is 1. The first-order chi connectivity index (χ1) is 15.6. The molecule has 32 heavy (non-hydrogen) atoms. The maximum atomic E-state index is 12.7. The summed E-state index contributed by atoms with van der Waals surface area (Å²) in [7, 11) is 0. The van der Waals surface area contributed by atoms with Crippen LogP contribution in [0.4, 0.5) is 4.79 Å². The molecular formula is C25H27N5O2. The molecule has 1 aliphatic carbocycles. The summed E-state index contributed by atoms with van der Waals surface area (Å²) in [6, 6.07) is 9.29. The number of carbonyl (C=O) groups excluding carboxylic acids is 2. The average molecular weight is 430 g/mol. The Bertz CT molecular complexity index is 1050. The summed E-state index contributed by atoms with van der Waals surface area (Å²) >= 11 is 0.